The Kier molecular flexibility index (Phi) is 6.94. The van der Waals surface area contributed by atoms with E-state index < -0.39 is 0 Å². The molecule has 176 valence electrons. The number of fused-ring (bicyclic) bond motifs is 1. The first kappa shape index (κ1) is 23.4. The zero-order chi connectivity index (χ0) is 23.7. The van der Waals surface area contributed by atoms with Gasteiger partial charge in [-0.25, -0.2) is 0 Å². The maximum Gasteiger partial charge on any atom is 0.286 e. The summed E-state index contributed by atoms with van der Waals surface area (Å²) in [5.74, 6) is -0.231. The summed E-state index contributed by atoms with van der Waals surface area (Å²) in [6.45, 7) is 4.02. The number of thioether (sulfide) groups is 1. The molecule has 2 aliphatic rings. The molecule has 1 fully saturated rings. The van der Waals surface area contributed by atoms with Crippen LogP contribution in [0.25, 0.3) is 16.5 Å². The molecule has 10 heteroatoms. The predicted octanol–water partition coefficient (Wildman–Crippen LogP) is 4.06. The summed E-state index contributed by atoms with van der Waals surface area (Å²) in [5, 5.41) is 19.1. The topological polar surface area (TPSA) is 84.8 Å². The van der Waals surface area contributed by atoms with Crippen LogP contribution in [0, 0.1) is 0 Å². The number of nitrogens with zero attached hydrogens (tertiary/aromatic N) is 4. The van der Waals surface area contributed by atoms with E-state index in [9.17, 15) is 9.90 Å². The smallest absolute Gasteiger partial charge is 0.286 e. The monoisotopic (exact) mass is 515 g/mol. The fourth-order valence-corrected chi connectivity index (χ4v) is 5.77. The number of carbonyl (C=O) groups is 1. The van der Waals surface area contributed by atoms with Crippen LogP contribution < -0.4 is 0 Å². The summed E-state index contributed by atoms with van der Waals surface area (Å²) in [6, 6.07) is 11.4. The Morgan fingerprint density at radius 2 is 1.94 bits per heavy atom. The molecule has 2 aliphatic heterocycles. The number of amidine groups is 1. The number of hydrogen-bond donors (Lipinski definition) is 2. The molecule has 2 aromatic carbocycles. The Morgan fingerprint density at radius 1 is 1.12 bits per heavy atom. The molecular formula is C24H23Cl2N5O2S. The van der Waals surface area contributed by atoms with Gasteiger partial charge in [0.25, 0.3) is 5.91 Å². The number of hydrogen-bond acceptors (Lipinski definition) is 6. The number of β-amino-alcohol motifs (C(OH)–C–C–N with tert-alkyl or cyclic N) is 1. The van der Waals surface area contributed by atoms with Crippen LogP contribution in [-0.2, 0) is 11.2 Å². The number of aromatic nitrogens is 2. The number of aliphatic hydroxyl groups is 1. The summed E-state index contributed by atoms with van der Waals surface area (Å²) in [7, 11) is 0. The average molecular weight is 516 g/mol. The Hall–Kier alpha value is -2.36. The minimum absolute atomic E-state index is 0.151. The second-order valence-electron chi connectivity index (χ2n) is 8.25. The average Bonchev–Trinajstić information content (AvgIpc) is 3.45. The van der Waals surface area contributed by atoms with Crippen molar-refractivity contribution in [3.05, 3.63) is 68.7 Å². The van der Waals surface area contributed by atoms with Gasteiger partial charge in [0.1, 0.15) is 0 Å². The lowest BCUT2D eigenvalue weighted by atomic mass is 9.96. The van der Waals surface area contributed by atoms with Gasteiger partial charge in [-0.2, -0.15) is 10.1 Å². The van der Waals surface area contributed by atoms with E-state index in [-0.39, 0.29) is 12.5 Å². The maximum atomic E-state index is 13.1. The van der Waals surface area contributed by atoms with Crippen LogP contribution in [-0.4, -0.2) is 75.5 Å². The Bertz CT molecular complexity index is 1300. The lowest BCUT2D eigenvalue weighted by molar-refractivity contribution is -0.113. The van der Waals surface area contributed by atoms with Crippen molar-refractivity contribution in [1.29, 1.82) is 0 Å². The van der Waals surface area contributed by atoms with E-state index in [1.807, 2.05) is 30.3 Å². The molecule has 5 rings (SSSR count). The first-order valence-electron chi connectivity index (χ1n) is 11.0. The number of aliphatic imine (C=N–C) groups is 1. The van der Waals surface area contributed by atoms with Crippen LogP contribution >= 0.6 is 35.0 Å². The molecule has 0 spiro atoms. The largest absolute Gasteiger partial charge is 0.395 e. The highest BCUT2D eigenvalue weighted by Crippen LogP contribution is 2.38. The van der Waals surface area contributed by atoms with Crippen molar-refractivity contribution in [2.45, 2.75) is 6.42 Å². The number of carbonyl (C=O) groups excluding carboxylic acids is 1. The van der Waals surface area contributed by atoms with Gasteiger partial charge in [0.2, 0.25) is 0 Å². The molecule has 0 atom stereocenters. The summed E-state index contributed by atoms with van der Waals surface area (Å²) in [4.78, 5) is 22.5. The number of benzene rings is 2. The zero-order valence-electron chi connectivity index (χ0n) is 18.3. The molecule has 3 heterocycles. The number of piperazine rings is 1. The van der Waals surface area contributed by atoms with Crippen LogP contribution in [0.15, 0.2) is 52.5 Å². The van der Waals surface area contributed by atoms with Gasteiger partial charge in [-0.1, -0.05) is 35.3 Å². The molecule has 0 radical (unpaired) electrons. The molecule has 1 aromatic heterocycles. The van der Waals surface area contributed by atoms with E-state index in [0.717, 1.165) is 58.9 Å². The molecule has 0 aliphatic carbocycles. The van der Waals surface area contributed by atoms with E-state index in [4.69, 9.17) is 23.2 Å². The molecule has 1 amide bonds. The fraction of sp³-hybridized carbons (Fsp3) is 0.292. The summed E-state index contributed by atoms with van der Waals surface area (Å²) in [6.07, 6.45) is 2.24. The third-order valence-electron chi connectivity index (χ3n) is 6.09. The van der Waals surface area contributed by atoms with Crippen molar-refractivity contribution >= 4 is 62.5 Å². The molecule has 0 unspecified atom stereocenters. The highest BCUT2D eigenvalue weighted by atomic mass is 35.5. The second-order valence-corrected chi connectivity index (χ2v) is 10.1. The molecular weight excluding hydrogens is 493 g/mol. The van der Waals surface area contributed by atoms with Crippen LogP contribution in [0.3, 0.4) is 0 Å². The van der Waals surface area contributed by atoms with Gasteiger partial charge < -0.3 is 10.0 Å². The van der Waals surface area contributed by atoms with E-state index in [0.29, 0.717) is 27.9 Å². The summed E-state index contributed by atoms with van der Waals surface area (Å²) >= 11 is 14.0. The first-order chi connectivity index (χ1) is 16.5. The highest BCUT2D eigenvalue weighted by molar-refractivity contribution is 8.18. The second kappa shape index (κ2) is 10.1. The number of rotatable bonds is 5. The minimum Gasteiger partial charge on any atom is -0.395 e. The third-order valence-corrected chi connectivity index (χ3v) is 7.83. The lowest BCUT2D eigenvalue weighted by Gasteiger charge is -2.34. The predicted molar refractivity (Wildman–Crippen MR) is 138 cm³/mol. The summed E-state index contributed by atoms with van der Waals surface area (Å²) in [5.41, 5.74) is 3.63. The molecule has 1 saturated heterocycles. The molecule has 0 bridgehead atoms. The molecule has 3 aromatic rings. The van der Waals surface area contributed by atoms with Gasteiger partial charge in [-0.05, 0) is 52.7 Å². The number of nitrogens with one attached hydrogen (secondary N) is 1. The Balaban J connectivity index is 1.48. The van der Waals surface area contributed by atoms with Gasteiger partial charge in [-0.15, -0.1) is 0 Å². The van der Waals surface area contributed by atoms with E-state index in [1.54, 1.807) is 12.3 Å². The van der Waals surface area contributed by atoms with Crippen LogP contribution in [0.1, 0.15) is 11.1 Å². The molecule has 2 N–H and O–H groups in total. The molecule has 34 heavy (non-hydrogen) atoms. The number of H-pyrrole nitrogens is 1. The third kappa shape index (κ3) is 4.87. The zero-order valence-corrected chi connectivity index (χ0v) is 20.6. The van der Waals surface area contributed by atoms with E-state index in [2.05, 4.69) is 25.0 Å². The van der Waals surface area contributed by atoms with Crippen LogP contribution in [0.4, 0.5) is 0 Å². The highest BCUT2D eigenvalue weighted by Gasteiger charge is 2.31. The van der Waals surface area contributed by atoms with Gasteiger partial charge >= 0.3 is 0 Å². The molecule has 0 saturated carbocycles. The lowest BCUT2D eigenvalue weighted by Crippen LogP contribution is -2.48. The minimum atomic E-state index is -0.231. The van der Waals surface area contributed by atoms with E-state index >= 15 is 0 Å². The number of halogens is 2. The van der Waals surface area contributed by atoms with Crippen molar-refractivity contribution in [2.75, 3.05) is 39.3 Å². The van der Waals surface area contributed by atoms with Crippen molar-refractivity contribution in [2.24, 2.45) is 4.99 Å². The van der Waals surface area contributed by atoms with Crippen molar-refractivity contribution in [1.82, 2.24) is 20.0 Å². The van der Waals surface area contributed by atoms with Crippen LogP contribution in [0.5, 0.6) is 0 Å². The standard InChI is InChI=1S/C24H23Cl2N5O2S/c25-18-3-1-16(20(26)13-18)12-19(15-2-4-21-17(11-15)14-27-29-21)22-23(33)28-24(34-22)31-7-5-30(6-8-31)9-10-32/h1-4,11,13-14,32H,5-10,12H2,(H,27,29). The number of aromatic amines is 1. The Labute approximate surface area is 211 Å². The van der Waals surface area contributed by atoms with Gasteiger partial charge in [0, 0.05) is 54.6 Å². The molecule has 7 nitrogen and oxygen atoms in total. The van der Waals surface area contributed by atoms with Gasteiger partial charge in [0.15, 0.2) is 5.17 Å². The van der Waals surface area contributed by atoms with E-state index in [1.165, 1.54) is 11.8 Å². The van der Waals surface area contributed by atoms with Crippen molar-refractivity contribution < 1.29 is 9.90 Å². The quantitative estimate of drug-likeness (QED) is 0.498. The van der Waals surface area contributed by atoms with Gasteiger partial charge in [0.05, 0.1) is 23.2 Å². The summed E-state index contributed by atoms with van der Waals surface area (Å²) < 4.78 is 0. The Morgan fingerprint density at radius 3 is 2.71 bits per heavy atom. The van der Waals surface area contributed by atoms with Crippen LogP contribution in [0.2, 0.25) is 10.0 Å². The number of amides is 1. The fourth-order valence-electron chi connectivity index (χ4n) is 4.22. The number of allylic oxidation sites excluding steroid dienone is 1. The van der Waals surface area contributed by atoms with Crippen molar-refractivity contribution in [3.8, 4) is 0 Å². The SMILES string of the molecule is O=C1N=C(N2CCN(CCO)CC2)SC1=C(Cc1ccc(Cl)cc1Cl)c1ccc2[nH]ncc2c1. The maximum absolute atomic E-state index is 13.1. The normalized spacial score (nSPS) is 18.6. The number of aliphatic hydroxyl groups excluding tert-OH is 1. The van der Waals surface area contributed by atoms with Crippen molar-refractivity contribution in [3.63, 3.8) is 0 Å². The first-order valence-corrected chi connectivity index (χ1v) is 12.6. The van der Waals surface area contributed by atoms with Gasteiger partial charge in [-0.3, -0.25) is 14.8 Å².